The van der Waals surface area contributed by atoms with E-state index in [1.165, 1.54) is 23.5 Å². The van der Waals surface area contributed by atoms with E-state index in [4.69, 9.17) is 4.74 Å². The Hall–Kier alpha value is -4.27. The summed E-state index contributed by atoms with van der Waals surface area (Å²) in [5, 5.41) is 22.4. The van der Waals surface area contributed by atoms with Crippen LogP contribution in [0.25, 0.3) is 21.6 Å². The lowest BCUT2D eigenvalue weighted by Crippen LogP contribution is -2.50. The maximum atomic E-state index is 14.8. The van der Waals surface area contributed by atoms with E-state index in [1.54, 1.807) is 62.6 Å². The zero-order valence-corrected chi connectivity index (χ0v) is 26.9. The number of fused-ring (bicyclic) bond motifs is 1. The molecule has 3 aromatic rings. The first-order valence-corrected chi connectivity index (χ1v) is 15.7. The molecule has 0 bridgehead atoms. The molecule has 3 amide bonds. The van der Waals surface area contributed by atoms with Gasteiger partial charge < -0.3 is 25.0 Å². The van der Waals surface area contributed by atoms with E-state index in [-0.39, 0.29) is 30.0 Å². The van der Waals surface area contributed by atoms with Crippen LogP contribution in [0.1, 0.15) is 78.6 Å². The number of amides is 3. The summed E-state index contributed by atoms with van der Waals surface area (Å²) in [7, 11) is 0. The molecule has 0 aliphatic carbocycles. The molecule has 1 aromatic heterocycles. The molecule has 236 valence electrons. The third-order valence-corrected chi connectivity index (χ3v) is 8.77. The van der Waals surface area contributed by atoms with Crippen LogP contribution >= 0.6 is 11.3 Å². The van der Waals surface area contributed by atoms with Gasteiger partial charge in [-0.25, -0.2) is 9.18 Å². The number of alkyl carbamates (subject to hydrolysis) is 1. The Morgan fingerprint density at radius 2 is 1.84 bits per heavy atom. The van der Waals surface area contributed by atoms with E-state index < -0.39 is 23.1 Å². The van der Waals surface area contributed by atoms with Gasteiger partial charge in [0.05, 0.1) is 16.0 Å². The number of nitriles is 1. The first-order chi connectivity index (χ1) is 21.1. The van der Waals surface area contributed by atoms with E-state index in [1.807, 2.05) is 18.2 Å². The van der Waals surface area contributed by atoms with Gasteiger partial charge >= 0.3 is 6.09 Å². The molecular weight excluding hydrogens is 595 g/mol. The van der Waals surface area contributed by atoms with E-state index in [9.17, 15) is 29.1 Å². The predicted octanol–water partition coefficient (Wildman–Crippen LogP) is 5.95. The average Bonchev–Trinajstić information content (AvgIpc) is 3.52. The van der Waals surface area contributed by atoms with Gasteiger partial charge in [0.15, 0.2) is 0 Å². The van der Waals surface area contributed by atoms with E-state index in [2.05, 4.69) is 5.32 Å². The molecule has 1 saturated heterocycles. The largest absolute Gasteiger partial charge is 0.444 e. The molecule has 0 radical (unpaired) electrons. The molecule has 9 nitrogen and oxygen atoms in total. The highest BCUT2D eigenvalue weighted by Crippen LogP contribution is 2.42. The summed E-state index contributed by atoms with van der Waals surface area (Å²) in [5.41, 5.74) is 1.49. The van der Waals surface area contributed by atoms with Crippen LogP contribution in [0.2, 0.25) is 0 Å². The molecule has 3 heterocycles. The van der Waals surface area contributed by atoms with Crippen LogP contribution in [0, 0.1) is 17.1 Å². The van der Waals surface area contributed by atoms with Crippen molar-refractivity contribution in [1.82, 2.24) is 15.1 Å². The third kappa shape index (κ3) is 7.35. The number of halogens is 1. The Kier molecular flexibility index (Phi) is 8.75. The summed E-state index contributed by atoms with van der Waals surface area (Å²) in [6.45, 7) is 10.0. The Morgan fingerprint density at radius 1 is 1.11 bits per heavy atom. The number of hydrogen-bond donors (Lipinski definition) is 2. The van der Waals surface area contributed by atoms with Crippen molar-refractivity contribution in [2.24, 2.45) is 0 Å². The number of thiophene rings is 1. The van der Waals surface area contributed by atoms with Gasteiger partial charge in [-0.15, -0.1) is 11.3 Å². The van der Waals surface area contributed by atoms with Crippen molar-refractivity contribution < 1.29 is 28.6 Å². The number of nitrogens with one attached hydrogen (secondary N) is 1. The molecular formula is C34H37FN4O5S. The molecule has 45 heavy (non-hydrogen) atoms. The number of rotatable bonds is 6. The molecule has 2 aromatic carbocycles. The molecule has 1 atom stereocenters. The fourth-order valence-corrected chi connectivity index (χ4v) is 6.87. The third-order valence-electron chi connectivity index (χ3n) is 7.60. The number of benzene rings is 2. The number of aliphatic hydroxyl groups is 1. The van der Waals surface area contributed by atoms with Crippen molar-refractivity contribution in [3.8, 4) is 27.6 Å². The smallest absolute Gasteiger partial charge is 0.407 e. The molecule has 5 rings (SSSR count). The van der Waals surface area contributed by atoms with Crippen molar-refractivity contribution in [2.75, 3.05) is 19.6 Å². The Balaban J connectivity index is 1.47. The van der Waals surface area contributed by atoms with E-state index in [0.29, 0.717) is 54.0 Å². The van der Waals surface area contributed by atoms with Crippen LogP contribution in [-0.2, 0) is 11.3 Å². The second kappa shape index (κ2) is 12.3. The van der Waals surface area contributed by atoms with Gasteiger partial charge in [0, 0.05) is 48.2 Å². The number of carbonyl (C=O) groups excluding carboxylic acids is 3. The summed E-state index contributed by atoms with van der Waals surface area (Å²) >= 11 is 1.28. The number of β-amino-alcohol motifs (C(OH)–C–C–N with tert-alkyl or cyclic N) is 1. The Labute approximate surface area is 266 Å². The van der Waals surface area contributed by atoms with Gasteiger partial charge in [-0.2, -0.15) is 5.26 Å². The highest BCUT2D eigenvalue weighted by molar-refractivity contribution is 7.18. The van der Waals surface area contributed by atoms with Crippen LogP contribution in [0.5, 0.6) is 0 Å². The molecule has 1 fully saturated rings. The average molecular weight is 633 g/mol. The normalized spacial score (nSPS) is 16.8. The predicted molar refractivity (Wildman–Crippen MR) is 169 cm³/mol. The number of likely N-dealkylation sites (tertiary alicyclic amines) is 1. The topological polar surface area (TPSA) is 123 Å². The number of hydrogen-bond acceptors (Lipinski definition) is 7. The highest BCUT2D eigenvalue weighted by atomic mass is 32.1. The second-order valence-corrected chi connectivity index (χ2v) is 14.3. The van der Waals surface area contributed by atoms with Gasteiger partial charge in [0.25, 0.3) is 11.8 Å². The quantitative estimate of drug-likeness (QED) is 0.346. The standard InChI is InChI=1S/C34H37FN4O5S/c1-33(2,3)44-32(42)37-24-7-6-12-38(18-24)31(41)28-15-26(20-8-9-22(16-36)27(35)14-20)29(45-28)21-10-11-25-23(13-21)17-39(30(25)40)19-34(4,5)43/h8-11,13-15,24,43H,6-7,12,17-19H2,1-5H3,(H,37,42)/t24-/m1/s1. The highest BCUT2D eigenvalue weighted by Gasteiger charge is 2.32. The second-order valence-electron chi connectivity index (χ2n) is 13.2. The molecule has 2 aliphatic rings. The zero-order chi connectivity index (χ0) is 32.7. The zero-order valence-electron chi connectivity index (χ0n) is 26.1. The van der Waals surface area contributed by atoms with Gasteiger partial charge in [0.1, 0.15) is 17.5 Å². The Bertz CT molecular complexity index is 1700. The number of ether oxygens (including phenoxy) is 1. The fraction of sp³-hybridized carbons (Fsp3) is 0.412. The monoisotopic (exact) mass is 632 g/mol. The molecule has 0 unspecified atom stereocenters. The van der Waals surface area contributed by atoms with Crippen LogP contribution < -0.4 is 5.32 Å². The van der Waals surface area contributed by atoms with Crippen LogP contribution in [0.4, 0.5) is 9.18 Å². The van der Waals surface area contributed by atoms with Crippen molar-refractivity contribution in [3.05, 3.63) is 69.8 Å². The minimum Gasteiger partial charge on any atom is -0.444 e. The lowest BCUT2D eigenvalue weighted by molar-refractivity contribution is 0.0314. The molecule has 0 saturated carbocycles. The van der Waals surface area contributed by atoms with Gasteiger partial charge in [0.2, 0.25) is 0 Å². The summed E-state index contributed by atoms with van der Waals surface area (Å²) in [4.78, 5) is 43.7. The SMILES string of the molecule is CC(C)(O)CN1Cc2cc(-c3sc(C(=O)N4CCC[C@@H](NC(=O)OC(C)(C)C)C4)cc3-c3ccc(C#N)c(F)c3)ccc2C1=O. The maximum Gasteiger partial charge on any atom is 0.407 e. The van der Waals surface area contributed by atoms with Crippen molar-refractivity contribution in [3.63, 3.8) is 0 Å². The Morgan fingerprint density at radius 3 is 2.51 bits per heavy atom. The number of piperidine rings is 1. The summed E-state index contributed by atoms with van der Waals surface area (Å²) in [5.74, 6) is -1.02. The summed E-state index contributed by atoms with van der Waals surface area (Å²) in [6, 6.07) is 13.2. The van der Waals surface area contributed by atoms with E-state index >= 15 is 0 Å². The molecule has 0 spiro atoms. The van der Waals surface area contributed by atoms with Crippen LogP contribution in [0.3, 0.4) is 0 Å². The van der Waals surface area contributed by atoms with Crippen LogP contribution in [0.15, 0.2) is 42.5 Å². The van der Waals surface area contributed by atoms with Gasteiger partial charge in [-0.3, -0.25) is 9.59 Å². The first kappa shape index (κ1) is 32.1. The first-order valence-electron chi connectivity index (χ1n) is 14.9. The minimum absolute atomic E-state index is 0.0772. The minimum atomic E-state index is -1.05. The van der Waals surface area contributed by atoms with Crippen molar-refractivity contribution in [1.29, 1.82) is 5.26 Å². The van der Waals surface area contributed by atoms with Crippen LogP contribution in [-0.4, -0.2) is 69.7 Å². The van der Waals surface area contributed by atoms with E-state index in [0.717, 1.165) is 16.0 Å². The number of nitrogens with zero attached hydrogens (tertiary/aromatic N) is 3. The number of carbonyl (C=O) groups is 3. The fourth-order valence-electron chi connectivity index (χ4n) is 5.73. The van der Waals surface area contributed by atoms with Gasteiger partial charge in [-0.05, 0) is 94.5 Å². The molecule has 2 aliphatic heterocycles. The summed E-state index contributed by atoms with van der Waals surface area (Å²) < 4.78 is 20.2. The molecule has 11 heteroatoms. The van der Waals surface area contributed by atoms with Crippen molar-refractivity contribution >= 4 is 29.2 Å². The maximum absolute atomic E-state index is 14.8. The van der Waals surface area contributed by atoms with Gasteiger partial charge in [-0.1, -0.05) is 12.1 Å². The van der Waals surface area contributed by atoms with Crippen molar-refractivity contribution in [2.45, 2.75) is 71.2 Å². The lowest BCUT2D eigenvalue weighted by atomic mass is 9.98. The molecule has 2 N–H and O–H groups in total. The lowest BCUT2D eigenvalue weighted by Gasteiger charge is -2.33. The summed E-state index contributed by atoms with van der Waals surface area (Å²) in [6.07, 6.45) is 0.895.